The summed E-state index contributed by atoms with van der Waals surface area (Å²) in [5.41, 5.74) is 0. The largest absolute Gasteiger partial charge is 0.549 e. The van der Waals surface area contributed by atoms with Gasteiger partial charge in [-0.2, -0.15) is 0 Å². The summed E-state index contributed by atoms with van der Waals surface area (Å²) in [6.45, 7) is 2.19. The van der Waals surface area contributed by atoms with Crippen molar-refractivity contribution in [1.29, 1.82) is 0 Å². The second-order valence-corrected chi connectivity index (χ2v) is 6.99. The highest BCUT2D eigenvalue weighted by Crippen LogP contribution is 2.04. The molecule has 1 N–H and O–H groups in total. The molecular weight excluding hydrogens is 388 g/mol. The Bertz CT molecular complexity index is 556. The van der Waals surface area contributed by atoms with E-state index in [1.54, 1.807) is 19.6 Å². The molecule has 0 saturated carbocycles. The van der Waals surface area contributed by atoms with E-state index in [0.29, 0.717) is 0 Å². The molecule has 0 aromatic rings. The number of rotatable bonds is 8. The third-order valence-corrected chi connectivity index (χ3v) is 4.84. The van der Waals surface area contributed by atoms with Gasteiger partial charge in [0.15, 0.2) is 0 Å². The minimum Gasteiger partial charge on any atom is -0.549 e. The third kappa shape index (κ3) is 10.2. The molecule has 0 aromatic carbocycles. The zero-order valence-electron chi connectivity index (χ0n) is 16.4. The number of carbonyl (C=O) groups excluding carboxylic acids is 3. The lowest BCUT2D eigenvalue weighted by Gasteiger charge is -2.35. The molecule has 0 aromatic heterocycles. The number of carbonyl (C=O) groups is 4. The Labute approximate surface area is 168 Å². The maximum atomic E-state index is 11.4. The number of aliphatic carboxylic acids is 4. The van der Waals surface area contributed by atoms with Gasteiger partial charge in [-0.05, 0) is 6.92 Å². The summed E-state index contributed by atoms with van der Waals surface area (Å²) in [5, 5.41) is 42.4. The highest BCUT2D eigenvalue weighted by molar-refractivity contribution is 5.72. The van der Waals surface area contributed by atoms with Crippen molar-refractivity contribution in [2.45, 2.75) is 13.0 Å². The van der Waals surface area contributed by atoms with E-state index in [4.69, 9.17) is 0 Å². The van der Waals surface area contributed by atoms with Gasteiger partial charge < -0.3 is 34.8 Å². The Balaban J connectivity index is 2.98. The lowest BCUT2D eigenvalue weighted by atomic mass is 10.2. The van der Waals surface area contributed by atoms with E-state index < -0.39 is 29.9 Å². The first-order valence-corrected chi connectivity index (χ1v) is 9.32. The first-order valence-electron chi connectivity index (χ1n) is 9.32. The Morgan fingerprint density at radius 1 is 0.690 bits per heavy atom. The van der Waals surface area contributed by atoms with Gasteiger partial charge in [-0.25, -0.2) is 0 Å². The molecule has 0 aliphatic carbocycles. The van der Waals surface area contributed by atoms with Gasteiger partial charge in [-0.1, -0.05) is 0 Å². The van der Waals surface area contributed by atoms with Crippen LogP contribution in [0.1, 0.15) is 6.92 Å². The summed E-state index contributed by atoms with van der Waals surface area (Å²) in [4.78, 5) is 50.7. The molecule has 12 heteroatoms. The van der Waals surface area contributed by atoms with Gasteiger partial charge in [0.1, 0.15) is 6.04 Å². The van der Waals surface area contributed by atoms with Crippen molar-refractivity contribution in [2.75, 3.05) is 72.0 Å². The van der Waals surface area contributed by atoms with Crippen LogP contribution in [0.3, 0.4) is 0 Å². The van der Waals surface area contributed by atoms with Crippen LogP contribution in [0.4, 0.5) is 0 Å². The average Bonchev–Trinajstić information content (AvgIpc) is 2.59. The zero-order chi connectivity index (χ0) is 22.0. The summed E-state index contributed by atoms with van der Waals surface area (Å²) < 4.78 is 0. The van der Waals surface area contributed by atoms with Gasteiger partial charge in [0.25, 0.3) is 0 Å². The van der Waals surface area contributed by atoms with Crippen LogP contribution in [-0.4, -0.2) is 127 Å². The van der Waals surface area contributed by atoms with Gasteiger partial charge in [0.05, 0.1) is 17.9 Å². The Kier molecular flexibility index (Phi) is 10.5. The summed E-state index contributed by atoms with van der Waals surface area (Å²) in [5.74, 6) is -4.92. The van der Waals surface area contributed by atoms with Crippen molar-refractivity contribution < 1.29 is 39.6 Å². The quantitative estimate of drug-likeness (QED) is 0.398. The van der Waals surface area contributed by atoms with E-state index in [1.165, 1.54) is 6.92 Å². The summed E-state index contributed by atoms with van der Waals surface area (Å²) >= 11 is 0. The Hall–Kier alpha value is -2.28. The maximum absolute atomic E-state index is 11.4. The molecule has 1 aliphatic rings. The van der Waals surface area contributed by atoms with Crippen LogP contribution in [0, 0.1) is 0 Å². The van der Waals surface area contributed by atoms with Crippen molar-refractivity contribution in [3.8, 4) is 0 Å². The summed E-state index contributed by atoms with van der Waals surface area (Å²) in [6.07, 6.45) is 0. The average molecular weight is 415 g/mol. The minimum atomic E-state index is -1.29. The SMILES string of the molecule is CC(C(=O)O)N1CCN(CC(=O)[O-])CCN(CC(=O)[O-])CCN(CC(=O)[O-])CC1. The molecule has 1 atom stereocenters. The lowest BCUT2D eigenvalue weighted by Crippen LogP contribution is -2.52. The van der Waals surface area contributed by atoms with E-state index in [-0.39, 0.29) is 72.0 Å². The van der Waals surface area contributed by atoms with Crippen molar-refractivity contribution in [3.05, 3.63) is 0 Å². The van der Waals surface area contributed by atoms with Crippen LogP contribution in [0.5, 0.6) is 0 Å². The van der Waals surface area contributed by atoms with Crippen LogP contribution in [0.2, 0.25) is 0 Å². The number of hydrogen-bond acceptors (Lipinski definition) is 11. The van der Waals surface area contributed by atoms with Crippen LogP contribution in [-0.2, 0) is 19.2 Å². The summed E-state index contributed by atoms with van der Waals surface area (Å²) in [7, 11) is 0. The molecule has 1 aliphatic heterocycles. The van der Waals surface area contributed by atoms with Crippen molar-refractivity contribution in [1.82, 2.24) is 19.6 Å². The fourth-order valence-corrected chi connectivity index (χ4v) is 3.12. The normalized spacial score (nSPS) is 20.3. The van der Waals surface area contributed by atoms with Crippen LogP contribution in [0.15, 0.2) is 0 Å². The monoisotopic (exact) mass is 415 g/mol. The van der Waals surface area contributed by atoms with Gasteiger partial charge in [0.2, 0.25) is 0 Å². The van der Waals surface area contributed by atoms with Gasteiger partial charge in [-0.15, -0.1) is 0 Å². The summed E-state index contributed by atoms with van der Waals surface area (Å²) in [6, 6.07) is -0.845. The first-order chi connectivity index (χ1) is 13.6. The molecule has 12 nitrogen and oxygen atoms in total. The van der Waals surface area contributed by atoms with Gasteiger partial charge in [-0.3, -0.25) is 24.4 Å². The number of nitrogens with zero attached hydrogens (tertiary/aromatic N) is 4. The molecule has 166 valence electrons. The molecule has 29 heavy (non-hydrogen) atoms. The Morgan fingerprint density at radius 3 is 1.21 bits per heavy atom. The predicted molar refractivity (Wildman–Crippen MR) is 93.0 cm³/mol. The molecule has 0 spiro atoms. The smallest absolute Gasteiger partial charge is 0.320 e. The standard InChI is InChI=1S/C17H30N4O8/c1-13(17(28)29)21-8-6-19(11-15(24)25)4-2-18(10-14(22)23)3-5-20(7-9-21)12-16(26)27/h13H,2-12H2,1H3,(H,22,23)(H,24,25)(H,26,27)(H,28,29)/p-3. The molecule has 1 fully saturated rings. The van der Waals surface area contributed by atoms with E-state index >= 15 is 0 Å². The molecule has 0 radical (unpaired) electrons. The zero-order valence-corrected chi connectivity index (χ0v) is 16.4. The highest BCUT2D eigenvalue weighted by Gasteiger charge is 2.23. The van der Waals surface area contributed by atoms with Crippen LogP contribution >= 0.6 is 0 Å². The number of hydrogen-bond donors (Lipinski definition) is 1. The van der Waals surface area contributed by atoms with Crippen LogP contribution < -0.4 is 15.3 Å². The van der Waals surface area contributed by atoms with E-state index in [0.717, 1.165) is 0 Å². The van der Waals surface area contributed by atoms with E-state index in [1.807, 2.05) is 0 Å². The van der Waals surface area contributed by atoms with Gasteiger partial charge in [0, 0.05) is 72.0 Å². The second kappa shape index (κ2) is 12.3. The predicted octanol–water partition coefficient (Wildman–Crippen LogP) is -6.07. The topological polar surface area (TPSA) is 171 Å². The molecule has 1 heterocycles. The maximum Gasteiger partial charge on any atom is 0.320 e. The van der Waals surface area contributed by atoms with Crippen LogP contribution in [0.25, 0.3) is 0 Å². The lowest BCUT2D eigenvalue weighted by molar-refractivity contribution is -0.308. The van der Waals surface area contributed by atoms with E-state index in [9.17, 15) is 39.6 Å². The Morgan fingerprint density at radius 2 is 0.966 bits per heavy atom. The highest BCUT2D eigenvalue weighted by atomic mass is 16.4. The number of carboxylic acids is 4. The molecule has 0 amide bonds. The molecule has 1 rings (SSSR count). The van der Waals surface area contributed by atoms with Crippen molar-refractivity contribution >= 4 is 23.9 Å². The fourth-order valence-electron chi connectivity index (χ4n) is 3.12. The van der Waals surface area contributed by atoms with Crippen molar-refractivity contribution in [3.63, 3.8) is 0 Å². The second-order valence-electron chi connectivity index (χ2n) is 6.99. The van der Waals surface area contributed by atoms with Gasteiger partial charge >= 0.3 is 5.97 Å². The van der Waals surface area contributed by atoms with E-state index in [2.05, 4.69) is 0 Å². The third-order valence-electron chi connectivity index (χ3n) is 4.84. The van der Waals surface area contributed by atoms with Crippen molar-refractivity contribution in [2.24, 2.45) is 0 Å². The number of carboxylic acid groups (broad SMARTS) is 4. The molecule has 0 bridgehead atoms. The molecule has 1 unspecified atom stereocenters. The molecular formula is C17H27N4O8-3. The fraction of sp³-hybridized carbons (Fsp3) is 0.765. The first kappa shape index (κ1) is 24.8. The molecule has 1 saturated heterocycles. The minimum absolute atomic E-state index is 0.217.